The van der Waals surface area contributed by atoms with Crippen LogP contribution >= 0.6 is 11.8 Å². The van der Waals surface area contributed by atoms with Crippen molar-refractivity contribution in [2.45, 2.75) is 13.0 Å². The number of benzene rings is 2. The normalized spacial score (nSPS) is 11.7. The lowest BCUT2D eigenvalue weighted by Gasteiger charge is -2.18. The van der Waals surface area contributed by atoms with Crippen LogP contribution in [0.15, 0.2) is 46.6 Å². The van der Waals surface area contributed by atoms with E-state index in [0.29, 0.717) is 28.7 Å². The van der Waals surface area contributed by atoms with Gasteiger partial charge in [0.2, 0.25) is 6.04 Å². The first kappa shape index (κ1) is 23.0. The Labute approximate surface area is 179 Å². The van der Waals surface area contributed by atoms with E-state index in [1.165, 1.54) is 47.5 Å². The third-order valence-corrected chi connectivity index (χ3v) is 4.40. The van der Waals surface area contributed by atoms with Crippen molar-refractivity contribution < 1.29 is 28.5 Å². The standard InChI is InChI=1S/C20H22ClN3O6/c1-12(25)19(23-22-17-11-14(27-2)6-7-18(17)30-5)20(26)24(21)13-8-15(28-3)10-16(9-13)29-4/h6-11,19H,1-5H3. The lowest BCUT2D eigenvalue weighted by Crippen LogP contribution is -2.36. The molecule has 0 saturated heterocycles. The number of nitrogens with zero attached hydrogens (tertiary/aromatic N) is 3. The molecule has 1 atom stereocenters. The highest BCUT2D eigenvalue weighted by Crippen LogP contribution is 2.33. The van der Waals surface area contributed by atoms with Crippen molar-refractivity contribution in [1.29, 1.82) is 0 Å². The highest BCUT2D eigenvalue weighted by atomic mass is 35.5. The lowest BCUT2D eigenvalue weighted by atomic mass is 10.2. The van der Waals surface area contributed by atoms with Crippen LogP contribution in [-0.4, -0.2) is 46.2 Å². The van der Waals surface area contributed by atoms with Crippen LogP contribution in [0.3, 0.4) is 0 Å². The van der Waals surface area contributed by atoms with E-state index in [1.807, 2.05) is 0 Å². The van der Waals surface area contributed by atoms with Gasteiger partial charge in [0.15, 0.2) is 5.78 Å². The predicted octanol–water partition coefficient (Wildman–Crippen LogP) is 3.95. The number of anilines is 1. The number of Topliss-reactive ketones (excluding diaryl/α,β-unsaturated/α-hetero) is 1. The molecule has 1 unspecified atom stereocenters. The Morgan fingerprint density at radius 1 is 0.900 bits per heavy atom. The van der Waals surface area contributed by atoms with E-state index in [1.54, 1.807) is 24.3 Å². The van der Waals surface area contributed by atoms with Crippen molar-refractivity contribution in [3.8, 4) is 23.0 Å². The fourth-order valence-electron chi connectivity index (χ4n) is 2.44. The minimum atomic E-state index is -1.46. The Kier molecular flexibility index (Phi) is 7.99. The average Bonchev–Trinajstić information content (AvgIpc) is 2.77. The van der Waals surface area contributed by atoms with Crippen LogP contribution in [-0.2, 0) is 9.59 Å². The molecule has 0 aliphatic heterocycles. The van der Waals surface area contributed by atoms with Crippen LogP contribution in [0.2, 0.25) is 0 Å². The number of hydrogen-bond donors (Lipinski definition) is 0. The van der Waals surface area contributed by atoms with Gasteiger partial charge in [0.05, 0.1) is 34.1 Å². The minimum absolute atomic E-state index is 0.248. The van der Waals surface area contributed by atoms with E-state index in [-0.39, 0.29) is 5.69 Å². The monoisotopic (exact) mass is 435 g/mol. The first-order chi connectivity index (χ1) is 14.3. The van der Waals surface area contributed by atoms with Crippen molar-refractivity contribution in [3.05, 3.63) is 36.4 Å². The molecular formula is C20H22ClN3O6. The number of ether oxygens (including phenoxy) is 4. The largest absolute Gasteiger partial charge is 0.497 e. The Morgan fingerprint density at radius 3 is 2.00 bits per heavy atom. The molecule has 0 fully saturated rings. The van der Waals surface area contributed by atoms with Crippen molar-refractivity contribution >= 4 is 34.8 Å². The molecule has 9 nitrogen and oxygen atoms in total. The highest BCUT2D eigenvalue weighted by Gasteiger charge is 2.29. The Hall–Kier alpha value is -3.33. The van der Waals surface area contributed by atoms with Crippen molar-refractivity contribution in [3.63, 3.8) is 0 Å². The second-order valence-corrected chi connectivity index (χ2v) is 6.29. The highest BCUT2D eigenvalue weighted by molar-refractivity contribution is 6.39. The molecule has 0 aliphatic carbocycles. The number of azo groups is 1. The van der Waals surface area contributed by atoms with Crippen LogP contribution in [0, 0.1) is 0 Å². The number of amides is 1. The summed E-state index contributed by atoms with van der Waals surface area (Å²) in [7, 11) is 5.89. The van der Waals surface area contributed by atoms with E-state index >= 15 is 0 Å². The Morgan fingerprint density at radius 2 is 1.50 bits per heavy atom. The second kappa shape index (κ2) is 10.4. The fourth-order valence-corrected chi connectivity index (χ4v) is 2.63. The van der Waals surface area contributed by atoms with Crippen LogP contribution in [0.4, 0.5) is 11.4 Å². The zero-order valence-electron chi connectivity index (χ0n) is 17.2. The summed E-state index contributed by atoms with van der Waals surface area (Å²) in [5.74, 6) is 0.429. The third-order valence-electron chi connectivity index (χ3n) is 4.04. The molecule has 0 bridgehead atoms. The first-order valence-electron chi connectivity index (χ1n) is 8.70. The van der Waals surface area contributed by atoms with Crippen molar-refractivity contribution in [2.24, 2.45) is 10.2 Å². The van der Waals surface area contributed by atoms with Gasteiger partial charge in [-0.15, -0.1) is 0 Å². The molecule has 30 heavy (non-hydrogen) atoms. The van der Waals surface area contributed by atoms with E-state index in [0.717, 1.165) is 4.42 Å². The summed E-state index contributed by atoms with van der Waals surface area (Å²) in [5.41, 5.74) is 0.540. The molecule has 0 heterocycles. The van der Waals surface area contributed by atoms with Crippen molar-refractivity contribution in [2.75, 3.05) is 32.9 Å². The quantitative estimate of drug-likeness (QED) is 0.336. The van der Waals surface area contributed by atoms with Gasteiger partial charge >= 0.3 is 0 Å². The molecule has 2 aromatic rings. The molecule has 0 aliphatic rings. The number of carbonyl (C=O) groups is 2. The van der Waals surface area contributed by atoms with Crippen molar-refractivity contribution in [1.82, 2.24) is 0 Å². The maximum atomic E-state index is 12.9. The summed E-state index contributed by atoms with van der Waals surface area (Å²) >= 11 is 6.22. The summed E-state index contributed by atoms with van der Waals surface area (Å²) in [5, 5.41) is 7.93. The van der Waals surface area contributed by atoms with E-state index in [9.17, 15) is 9.59 Å². The van der Waals surface area contributed by atoms with Gasteiger partial charge in [-0.25, -0.2) is 4.42 Å². The molecule has 0 radical (unpaired) electrons. The smallest absolute Gasteiger partial charge is 0.276 e. The summed E-state index contributed by atoms with van der Waals surface area (Å²) < 4.78 is 21.5. The van der Waals surface area contributed by atoms with Gasteiger partial charge in [0.1, 0.15) is 28.7 Å². The lowest BCUT2D eigenvalue weighted by molar-refractivity contribution is -0.126. The molecule has 2 aromatic carbocycles. The first-order valence-corrected chi connectivity index (χ1v) is 9.04. The van der Waals surface area contributed by atoms with Gasteiger partial charge in [0.25, 0.3) is 5.91 Å². The zero-order valence-corrected chi connectivity index (χ0v) is 18.0. The Bertz CT molecular complexity index is 928. The summed E-state index contributed by atoms with van der Waals surface area (Å²) in [4.78, 5) is 25.0. The Balaban J connectivity index is 2.36. The SMILES string of the molecule is COc1cc(OC)cc(N(Cl)C(=O)C(N=Nc2cc(OC)ccc2OC)C(C)=O)c1. The molecule has 0 spiro atoms. The fraction of sp³-hybridized carbons (Fsp3) is 0.300. The van der Waals surface area contributed by atoms with Crippen LogP contribution in [0.1, 0.15) is 6.92 Å². The molecule has 10 heteroatoms. The van der Waals surface area contributed by atoms with E-state index in [4.69, 9.17) is 30.7 Å². The number of halogens is 1. The molecule has 2 rings (SSSR count). The minimum Gasteiger partial charge on any atom is -0.497 e. The van der Waals surface area contributed by atoms with Crippen LogP contribution in [0.25, 0.3) is 0 Å². The van der Waals surface area contributed by atoms with Gasteiger partial charge in [-0.05, 0) is 19.1 Å². The molecule has 160 valence electrons. The predicted molar refractivity (Wildman–Crippen MR) is 111 cm³/mol. The summed E-state index contributed by atoms with van der Waals surface area (Å²) in [6, 6.07) is 8.08. The molecular weight excluding hydrogens is 414 g/mol. The van der Waals surface area contributed by atoms with Crippen LogP contribution in [0.5, 0.6) is 23.0 Å². The van der Waals surface area contributed by atoms with Gasteiger partial charge in [-0.1, -0.05) is 0 Å². The van der Waals surface area contributed by atoms with Gasteiger partial charge in [0, 0.05) is 36.0 Å². The topological polar surface area (TPSA) is 99.0 Å². The number of rotatable bonds is 9. The summed E-state index contributed by atoms with van der Waals surface area (Å²) in [6.07, 6.45) is 0. The molecule has 0 N–H and O–H groups in total. The number of ketones is 1. The van der Waals surface area contributed by atoms with Gasteiger partial charge in [-0.3, -0.25) is 9.59 Å². The van der Waals surface area contributed by atoms with Crippen LogP contribution < -0.4 is 23.4 Å². The van der Waals surface area contributed by atoms with E-state index < -0.39 is 17.7 Å². The number of hydrogen-bond acceptors (Lipinski definition) is 8. The molecule has 0 aromatic heterocycles. The third kappa shape index (κ3) is 5.38. The average molecular weight is 436 g/mol. The van der Waals surface area contributed by atoms with Gasteiger partial charge in [-0.2, -0.15) is 10.2 Å². The zero-order chi connectivity index (χ0) is 22.3. The molecule has 1 amide bonds. The molecule has 0 saturated carbocycles. The maximum absolute atomic E-state index is 12.9. The van der Waals surface area contributed by atoms with E-state index in [2.05, 4.69) is 10.2 Å². The van der Waals surface area contributed by atoms with Gasteiger partial charge < -0.3 is 18.9 Å². The summed E-state index contributed by atoms with van der Waals surface area (Å²) in [6.45, 7) is 1.22. The number of methoxy groups -OCH3 is 4. The second-order valence-electron chi connectivity index (χ2n) is 5.96. The maximum Gasteiger partial charge on any atom is 0.276 e. The number of carbonyl (C=O) groups excluding carboxylic acids is 2.